The van der Waals surface area contributed by atoms with E-state index < -0.39 is 10.0 Å². The van der Waals surface area contributed by atoms with Gasteiger partial charge in [-0.05, 0) is 38.6 Å². The van der Waals surface area contributed by atoms with Gasteiger partial charge in [0, 0.05) is 12.1 Å². The average Bonchev–Trinajstić information content (AvgIpc) is 2.61. The number of hydrogen-bond acceptors (Lipinski definition) is 3. The lowest BCUT2D eigenvalue weighted by atomic mass is 9.94. The van der Waals surface area contributed by atoms with Crippen LogP contribution in [0.15, 0.2) is 0 Å². The van der Waals surface area contributed by atoms with Crippen molar-refractivity contribution in [1.29, 1.82) is 0 Å². The highest BCUT2D eigenvalue weighted by molar-refractivity contribution is 7.89. The Morgan fingerprint density at radius 1 is 1.20 bits per heavy atom. The minimum atomic E-state index is -3.02. The lowest BCUT2D eigenvalue weighted by Crippen LogP contribution is -2.41. The second-order valence-corrected chi connectivity index (χ2v) is 6.52. The molecule has 0 spiro atoms. The quantitative estimate of drug-likeness (QED) is 0.730. The van der Waals surface area contributed by atoms with Crippen LogP contribution < -0.4 is 10.0 Å². The van der Waals surface area contributed by atoms with Crippen molar-refractivity contribution in [3.8, 4) is 0 Å². The molecule has 88 valence electrons. The zero-order chi connectivity index (χ0) is 10.7. The molecule has 0 aromatic heterocycles. The molecule has 1 atom stereocenters. The molecule has 1 aliphatic carbocycles. The van der Waals surface area contributed by atoms with Crippen LogP contribution in [-0.2, 0) is 10.0 Å². The number of hydrogen-bond donors (Lipinski definition) is 2. The van der Waals surface area contributed by atoms with Gasteiger partial charge in [0.25, 0.3) is 0 Å². The van der Waals surface area contributed by atoms with Gasteiger partial charge in [0.2, 0.25) is 10.0 Å². The van der Waals surface area contributed by atoms with Gasteiger partial charge in [0.05, 0.1) is 5.75 Å². The monoisotopic (exact) mass is 232 g/mol. The van der Waals surface area contributed by atoms with Gasteiger partial charge in [-0.2, -0.15) is 0 Å². The predicted molar refractivity (Wildman–Crippen MR) is 60.2 cm³/mol. The van der Waals surface area contributed by atoms with Crippen molar-refractivity contribution in [1.82, 2.24) is 10.0 Å². The summed E-state index contributed by atoms with van der Waals surface area (Å²) in [5.74, 6) is 0.279. The van der Waals surface area contributed by atoms with Crippen molar-refractivity contribution >= 4 is 10.0 Å². The molecule has 1 unspecified atom stereocenters. The van der Waals surface area contributed by atoms with Crippen LogP contribution >= 0.6 is 0 Å². The third-order valence-corrected chi connectivity index (χ3v) is 4.81. The van der Waals surface area contributed by atoms with Crippen LogP contribution in [0.5, 0.6) is 0 Å². The Bertz CT molecular complexity index is 293. The average molecular weight is 232 g/mol. The third kappa shape index (κ3) is 3.43. The largest absolute Gasteiger partial charge is 0.314 e. The van der Waals surface area contributed by atoms with Crippen molar-refractivity contribution in [2.45, 2.75) is 50.6 Å². The maximum Gasteiger partial charge on any atom is 0.211 e. The molecule has 2 aliphatic rings. The molecule has 4 nitrogen and oxygen atoms in total. The fourth-order valence-corrected chi connectivity index (χ4v) is 3.60. The lowest BCUT2D eigenvalue weighted by Gasteiger charge is -2.26. The molecule has 2 fully saturated rings. The van der Waals surface area contributed by atoms with E-state index in [2.05, 4.69) is 10.0 Å². The van der Waals surface area contributed by atoms with Gasteiger partial charge in [-0.3, -0.25) is 0 Å². The van der Waals surface area contributed by atoms with E-state index >= 15 is 0 Å². The van der Waals surface area contributed by atoms with Gasteiger partial charge in [-0.25, -0.2) is 13.1 Å². The van der Waals surface area contributed by atoms with Gasteiger partial charge in [-0.15, -0.1) is 0 Å². The molecule has 2 rings (SSSR count). The topological polar surface area (TPSA) is 58.2 Å². The van der Waals surface area contributed by atoms with Crippen molar-refractivity contribution < 1.29 is 8.42 Å². The summed E-state index contributed by atoms with van der Waals surface area (Å²) in [7, 11) is -3.02. The zero-order valence-corrected chi connectivity index (χ0v) is 9.85. The first-order valence-corrected chi connectivity index (χ1v) is 7.54. The molecule has 2 N–H and O–H groups in total. The molecule has 0 bridgehead atoms. The predicted octanol–water partition coefficient (Wildman–Crippen LogP) is 0.600. The van der Waals surface area contributed by atoms with Crippen LogP contribution in [0.4, 0.5) is 0 Å². The van der Waals surface area contributed by atoms with E-state index in [4.69, 9.17) is 0 Å². The summed E-state index contributed by atoms with van der Waals surface area (Å²) >= 11 is 0. The van der Waals surface area contributed by atoms with E-state index in [0.29, 0.717) is 6.04 Å². The van der Waals surface area contributed by atoms with Crippen LogP contribution in [0.3, 0.4) is 0 Å². The Hall–Kier alpha value is -0.130. The Labute approximate surface area is 91.9 Å². The van der Waals surface area contributed by atoms with E-state index in [0.717, 1.165) is 38.6 Å². The normalized spacial score (nSPS) is 27.9. The van der Waals surface area contributed by atoms with Crippen LogP contribution in [0.2, 0.25) is 0 Å². The van der Waals surface area contributed by atoms with E-state index in [1.807, 2.05) is 0 Å². The molecule has 1 aliphatic heterocycles. The highest BCUT2D eigenvalue weighted by atomic mass is 32.2. The molecule has 0 amide bonds. The fraction of sp³-hybridized carbons (Fsp3) is 1.00. The highest BCUT2D eigenvalue weighted by Crippen LogP contribution is 2.19. The summed E-state index contributed by atoms with van der Waals surface area (Å²) in [6.45, 7) is 1.04. The summed E-state index contributed by atoms with van der Waals surface area (Å²) in [4.78, 5) is 0. The second-order valence-electron chi connectivity index (χ2n) is 4.65. The maximum absolute atomic E-state index is 11.7. The highest BCUT2D eigenvalue weighted by Gasteiger charge is 2.24. The molecule has 1 saturated heterocycles. The smallest absolute Gasteiger partial charge is 0.211 e. The number of rotatable bonds is 5. The summed E-state index contributed by atoms with van der Waals surface area (Å²) in [6.07, 6.45) is 6.25. The van der Waals surface area contributed by atoms with Crippen molar-refractivity contribution in [2.75, 3.05) is 12.3 Å². The first-order valence-electron chi connectivity index (χ1n) is 5.89. The summed E-state index contributed by atoms with van der Waals surface area (Å²) < 4.78 is 26.1. The van der Waals surface area contributed by atoms with Gasteiger partial charge >= 0.3 is 0 Å². The molecule has 1 saturated carbocycles. The SMILES string of the molecule is O=S(=O)(CCC1CCCN1)NC1CCC1. The van der Waals surface area contributed by atoms with Gasteiger partial charge in [-0.1, -0.05) is 6.42 Å². The molecular weight excluding hydrogens is 212 g/mol. The van der Waals surface area contributed by atoms with E-state index in [-0.39, 0.29) is 11.8 Å². The fourth-order valence-electron chi connectivity index (χ4n) is 2.14. The Kier molecular flexibility index (Phi) is 3.64. The number of sulfonamides is 1. The van der Waals surface area contributed by atoms with E-state index in [9.17, 15) is 8.42 Å². The van der Waals surface area contributed by atoms with Crippen molar-refractivity contribution in [3.63, 3.8) is 0 Å². The molecule has 0 radical (unpaired) electrons. The summed E-state index contributed by atoms with van der Waals surface area (Å²) in [6, 6.07) is 0.648. The summed E-state index contributed by atoms with van der Waals surface area (Å²) in [5.41, 5.74) is 0. The van der Waals surface area contributed by atoms with Crippen molar-refractivity contribution in [2.24, 2.45) is 0 Å². The summed E-state index contributed by atoms with van der Waals surface area (Å²) in [5, 5.41) is 3.32. The Balaban J connectivity index is 1.71. The first-order chi connectivity index (χ1) is 7.16. The standard InChI is InChI=1S/C10H20N2O2S/c13-15(14,12-10-3-1-4-10)8-6-9-5-2-7-11-9/h9-12H,1-8H2. The minimum absolute atomic E-state index is 0.228. The van der Waals surface area contributed by atoms with E-state index in [1.54, 1.807) is 0 Å². The van der Waals surface area contributed by atoms with Crippen LogP contribution in [-0.4, -0.2) is 32.8 Å². The zero-order valence-electron chi connectivity index (χ0n) is 9.04. The van der Waals surface area contributed by atoms with Gasteiger partial charge in [0.1, 0.15) is 0 Å². The molecule has 0 aromatic rings. The Morgan fingerprint density at radius 2 is 2.00 bits per heavy atom. The minimum Gasteiger partial charge on any atom is -0.314 e. The maximum atomic E-state index is 11.7. The number of nitrogens with one attached hydrogen (secondary N) is 2. The molecule has 5 heteroatoms. The molecular formula is C10H20N2O2S. The van der Waals surface area contributed by atoms with Crippen LogP contribution in [0.25, 0.3) is 0 Å². The van der Waals surface area contributed by atoms with Crippen LogP contribution in [0, 0.1) is 0 Å². The molecule has 0 aromatic carbocycles. The van der Waals surface area contributed by atoms with Gasteiger partial charge < -0.3 is 5.32 Å². The third-order valence-electron chi connectivity index (χ3n) is 3.35. The Morgan fingerprint density at radius 3 is 2.53 bits per heavy atom. The lowest BCUT2D eigenvalue weighted by molar-refractivity contribution is 0.383. The first kappa shape index (κ1) is 11.4. The second kappa shape index (κ2) is 4.80. The van der Waals surface area contributed by atoms with Gasteiger partial charge in [0.15, 0.2) is 0 Å². The van der Waals surface area contributed by atoms with Crippen molar-refractivity contribution in [3.05, 3.63) is 0 Å². The molecule has 15 heavy (non-hydrogen) atoms. The van der Waals surface area contributed by atoms with Crippen LogP contribution in [0.1, 0.15) is 38.5 Å². The molecule has 1 heterocycles. The van der Waals surface area contributed by atoms with E-state index in [1.165, 1.54) is 6.42 Å².